The van der Waals surface area contributed by atoms with Gasteiger partial charge >= 0.3 is 6.09 Å². The molecule has 1 aromatic heterocycles. The van der Waals surface area contributed by atoms with Gasteiger partial charge in [-0.25, -0.2) is 9.78 Å². The van der Waals surface area contributed by atoms with Crippen LogP contribution in [0.1, 0.15) is 47.6 Å². The highest BCUT2D eigenvalue weighted by Crippen LogP contribution is 2.31. The molecule has 0 bridgehead atoms. The Morgan fingerprint density at radius 3 is 2.41 bits per heavy atom. The number of nitrogens with one attached hydrogen (secondary N) is 1. The van der Waals surface area contributed by atoms with E-state index in [0.29, 0.717) is 35.4 Å². The predicted octanol–water partition coefficient (Wildman–Crippen LogP) is 4.70. The van der Waals surface area contributed by atoms with Crippen LogP contribution in [0.4, 0.5) is 4.79 Å². The Kier molecular flexibility index (Phi) is 7.09. The van der Waals surface area contributed by atoms with E-state index in [9.17, 15) is 14.4 Å². The molecule has 2 amide bonds. The number of nitrogens with zero attached hydrogens (tertiary/aromatic N) is 3. The molecule has 2 heterocycles. The third-order valence-corrected chi connectivity index (χ3v) is 6.72. The van der Waals surface area contributed by atoms with Crippen molar-refractivity contribution in [3.63, 3.8) is 0 Å². The fourth-order valence-corrected chi connectivity index (χ4v) is 4.87. The van der Waals surface area contributed by atoms with Gasteiger partial charge in [-0.2, -0.15) is 0 Å². The topological polar surface area (TPSA) is 93.5 Å². The Hall–Kier alpha value is -4.30. The number of imide groups is 1. The quantitative estimate of drug-likeness (QED) is 0.416. The second-order valence-electron chi connectivity index (χ2n) is 9.09. The van der Waals surface area contributed by atoms with Crippen LogP contribution in [-0.2, 0) is 16.1 Å². The van der Waals surface area contributed by atoms with Gasteiger partial charge in [-0.3, -0.25) is 24.4 Å². The number of rotatable bonds is 6. The van der Waals surface area contributed by atoms with Gasteiger partial charge in [0.05, 0.1) is 23.1 Å². The SMILES string of the molecule is C[C@H](c1nc2ccccc2n1C(=O)c1ccccc1)N1CCC[C@H]1C(=O)NC(=O)OCc1ccccc1. The number of benzene rings is 3. The molecular weight excluding hydrogens is 468 g/mol. The molecule has 3 aromatic carbocycles. The molecule has 37 heavy (non-hydrogen) atoms. The summed E-state index contributed by atoms with van der Waals surface area (Å²) in [6.07, 6.45) is 0.600. The minimum atomic E-state index is -0.778. The van der Waals surface area contributed by atoms with E-state index in [1.54, 1.807) is 16.7 Å². The fraction of sp³-hybridized carbons (Fsp3) is 0.241. The molecule has 1 N–H and O–H groups in total. The van der Waals surface area contributed by atoms with Gasteiger partial charge in [0.15, 0.2) is 0 Å². The van der Waals surface area contributed by atoms with E-state index in [1.807, 2.05) is 84.6 Å². The van der Waals surface area contributed by atoms with Crippen molar-refractivity contribution in [3.05, 3.63) is 102 Å². The van der Waals surface area contributed by atoms with E-state index in [4.69, 9.17) is 9.72 Å². The predicted molar refractivity (Wildman–Crippen MR) is 139 cm³/mol. The van der Waals surface area contributed by atoms with E-state index >= 15 is 0 Å². The lowest BCUT2D eigenvalue weighted by molar-refractivity contribution is -0.125. The highest BCUT2D eigenvalue weighted by atomic mass is 16.5. The van der Waals surface area contributed by atoms with E-state index in [0.717, 1.165) is 12.0 Å². The molecule has 1 aliphatic heterocycles. The zero-order valence-electron chi connectivity index (χ0n) is 20.5. The maximum atomic E-state index is 13.6. The number of ether oxygens (including phenoxy) is 1. The number of imidazole rings is 1. The molecule has 0 radical (unpaired) electrons. The number of fused-ring (bicyclic) bond motifs is 1. The molecule has 4 aromatic rings. The van der Waals surface area contributed by atoms with Crippen LogP contribution in [0.15, 0.2) is 84.9 Å². The molecule has 1 fully saturated rings. The van der Waals surface area contributed by atoms with Crippen molar-refractivity contribution in [1.82, 2.24) is 19.8 Å². The summed E-state index contributed by atoms with van der Waals surface area (Å²) in [5.74, 6) is -0.0401. The molecule has 0 saturated carbocycles. The summed E-state index contributed by atoms with van der Waals surface area (Å²) in [5, 5.41) is 2.38. The van der Waals surface area contributed by atoms with Crippen molar-refractivity contribution in [2.24, 2.45) is 0 Å². The van der Waals surface area contributed by atoms with Crippen molar-refractivity contribution in [2.75, 3.05) is 6.54 Å². The maximum absolute atomic E-state index is 13.6. The molecule has 0 aliphatic carbocycles. The number of likely N-dealkylation sites (tertiary alicyclic amines) is 1. The van der Waals surface area contributed by atoms with Crippen LogP contribution in [-0.4, -0.2) is 44.9 Å². The van der Waals surface area contributed by atoms with Crippen molar-refractivity contribution in [3.8, 4) is 0 Å². The van der Waals surface area contributed by atoms with Gasteiger partial charge in [0.25, 0.3) is 5.91 Å². The number of hydrogen-bond acceptors (Lipinski definition) is 6. The third kappa shape index (κ3) is 5.15. The summed E-state index contributed by atoms with van der Waals surface area (Å²) in [4.78, 5) is 45.8. The lowest BCUT2D eigenvalue weighted by atomic mass is 10.1. The summed E-state index contributed by atoms with van der Waals surface area (Å²) in [5.41, 5.74) is 2.81. The van der Waals surface area contributed by atoms with Crippen LogP contribution >= 0.6 is 0 Å². The van der Waals surface area contributed by atoms with Crippen molar-refractivity contribution in [1.29, 1.82) is 0 Å². The number of amides is 2. The molecule has 2 atom stereocenters. The van der Waals surface area contributed by atoms with Gasteiger partial charge in [-0.1, -0.05) is 60.7 Å². The zero-order valence-corrected chi connectivity index (χ0v) is 20.5. The first kappa shape index (κ1) is 24.4. The normalized spacial score (nSPS) is 16.4. The largest absolute Gasteiger partial charge is 0.444 e. The molecule has 8 heteroatoms. The molecule has 5 rings (SSSR count). The molecule has 8 nitrogen and oxygen atoms in total. The van der Waals surface area contributed by atoms with Crippen LogP contribution in [0.3, 0.4) is 0 Å². The molecule has 1 aliphatic rings. The highest BCUT2D eigenvalue weighted by Gasteiger charge is 2.37. The van der Waals surface area contributed by atoms with Gasteiger partial charge in [0.2, 0.25) is 5.91 Å². The molecular formula is C29H28N4O4. The van der Waals surface area contributed by atoms with Crippen LogP contribution < -0.4 is 5.32 Å². The van der Waals surface area contributed by atoms with Crippen LogP contribution in [0, 0.1) is 0 Å². The summed E-state index contributed by atoms with van der Waals surface area (Å²) in [6, 6.07) is 25.0. The van der Waals surface area contributed by atoms with Gasteiger partial charge in [-0.05, 0) is 56.1 Å². The Labute approximate surface area is 214 Å². The smallest absolute Gasteiger partial charge is 0.414 e. The number of para-hydroxylation sites is 2. The standard InChI is InChI=1S/C29H28N4O4/c1-20(26-30-23-15-8-9-16-24(23)33(26)28(35)22-13-6-3-7-14-22)32-18-10-17-25(32)27(34)31-29(36)37-19-21-11-4-2-5-12-21/h2-9,11-16,20,25H,10,17-19H2,1H3,(H,31,34,36)/t20-,25+/m1/s1. The summed E-state index contributed by atoms with van der Waals surface area (Å²) in [6.45, 7) is 2.66. The van der Waals surface area contributed by atoms with Crippen molar-refractivity contribution in [2.45, 2.75) is 38.5 Å². The minimum Gasteiger partial charge on any atom is -0.444 e. The van der Waals surface area contributed by atoms with Gasteiger partial charge < -0.3 is 4.74 Å². The molecule has 0 unspecified atom stereocenters. The number of alkyl carbamates (subject to hydrolysis) is 1. The Balaban J connectivity index is 1.36. The van der Waals surface area contributed by atoms with Crippen molar-refractivity contribution < 1.29 is 19.1 Å². The molecule has 0 spiro atoms. The van der Waals surface area contributed by atoms with E-state index in [2.05, 4.69) is 5.32 Å². The highest BCUT2D eigenvalue weighted by molar-refractivity contribution is 6.01. The summed E-state index contributed by atoms with van der Waals surface area (Å²) < 4.78 is 6.86. The van der Waals surface area contributed by atoms with E-state index in [1.165, 1.54) is 0 Å². The number of aromatic nitrogens is 2. The van der Waals surface area contributed by atoms with E-state index in [-0.39, 0.29) is 18.6 Å². The van der Waals surface area contributed by atoms with Gasteiger partial charge in [0, 0.05) is 5.56 Å². The first-order valence-corrected chi connectivity index (χ1v) is 12.4. The first-order chi connectivity index (χ1) is 18.0. The Bertz CT molecular complexity index is 1420. The Morgan fingerprint density at radius 2 is 1.65 bits per heavy atom. The third-order valence-electron chi connectivity index (χ3n) is 6.72. The summed E-state index contributed by atoms with van der Waals surface area (Å²) in [7, 11) is 0. The Morgan fingerprint density at radius 1 is 0.973 bits per heavy atom. The monoisotopic (exact) mass is 496 g/mol. The number of carbonyl (C=O) groups excluding carboxylic acids is 3. The van der Waals surface area contributed by atoms with E-state index < -0.39 is 18.0 Å². The summed E-state index contributed by atoms with van der Waals surface area (Å²) >= 11 is 0. The minimum absolute atomic E-state index is 0.0797. The van der Waals surface area contributed by atoms with Gasteiger partial charge in [-0.15, -0.1) is 0 Å². The maximum Gasteiger partial charge on any atom is 0.414 e. The van der Waals surface area contributed by atoms with Crippen LogP contribution in [0.5, 0.6) is 0 Å². The number of hydrogen-bond donors (Lipinski definition) is 1. The molecule has 188 valence electrons. The molecule has 1 saturated heterocycles. The van der Waals surface area contributed by atoms with Crippen LogP contribution in [0.25, 0.3) is 11.0 Å². The van der Waals surface area contributed by atoms with Crippen LogP contribution in [0.2, 0.25) is 0 Å². The fourth-order valence-electron chi connectivity index (χ4n) is 4.87. The number of carbonyl (C=O) groups is 3. The second kappa shape index (κ2) is 10.8. The lowest BCUT2D eigenvalue weighted by Crippen LogP contribution is -2.46. The second-order valence-corrected chi connectivity index (χ2v) is 9.09. The zero-order chi connectivity index (χ0) is 25.8. The van der Waals surface area contributed by atoms with Crippen molar-refractivity contribution >= 4 is 28.9 Å². The van der Waals surface area contributed by atoms with Gasteiger partial charge in [0.1, 0.15) is 12.4 Å². The first-order valence-electron chi connectivity index (χ1n) is 12.4. The lowest BCUT2D eigenvalue weighted by Gasteiger charge is -2.29. The average Bonchev–Trinajstić information content (AvgIpc) is 3.58. The average molecular weight is 497 g/mol.